The summed E-state index contributed by atoms with van der Waals surface area (Å²) in [7, 11) is 0. The van der Waals surface area contributed by atoms with Gasteiger partial charge in [0.05, 0.1) is 6.54 Å². The van der Waals surface area contributed by atoms with Crippen molar-refractivity contribution in [1.82, 2.24) is 4.90 Å². The van der Waals surface area contributed by atoms with Crippen molar-refractivity contribution in [3.8, 4) is 0 Å². The van der Waals surface area contributed by atoms with Crippen molar-refractivity contribution in [1.29, 1.82) is 0 Å². The fourth-order valence-corrected chi connectivity index (χ4v) is 3.01. The highest BCUT2D eigenvalue weighted by atomic mass is 16.2. The predicted molar refractivity (Wildman–Crippen MR) is 88.3 cm³/mol. The molecule has 1 aromatic rings. The molecule has 0 aromatic heterocycles. The Morgan fingerprint density at radius 1 is 1.38 bits per heavy atom. The molecule has 3 N–H and O–H groups in total. The zero-order valence-electron chi connectivity index (χ0n) is 13.2. The lowest BCUT2D eigenvalue weighted by Gasteiger charge is -2.28. The van der Waals surface area contributed by atoms with Crippen LogP contribution in [-0.2, 0) is 4.79 Å². The molecule has 1 aliphatic heterocycles. The normalized spacial score (nSPS) is 20.0. The van der Waals surface area contributed by atoms with Gasteiger partial charge in [-0.1, -0.05) is 25.8 Å². The van der Waals surface area contributed by atoms with E-state index < -0.39 is 0 Å². The van der Waals surface area contributed by atoms with Gasteiger partial charge in [-0.2, -0.15) is 0 Å². The molecule has 21 heavy (non-hydrogen) atoms. The summed E-state index contributed by atoms with van der Waals surface area (Å²) in [5.74, 6) is 0.0543. The average molecular weight is 289 g/mol. The number of nitrogens with two attached hydrogens (primary N) is 1. The molecule has 1 saturated heterocycles. The van der Waals surface area contributed by atoms with E-state index in [0.717, 1.165) is 24.2 Å². The Morgan fingerprint density at radius 3 is 2.90 bits per heavy atom. The molecule has 4 nitrogen and oxygen atoms in total. The highest BCUT2D eigenvalue weighted by molar-refractivity contribution is 5.92. The van der Waals surface area contributed by atoms with Crippen molar-refractivity contribution in [2.45, 2.75) is 52.0 Å². The van der Waals surface area contributed by atoms with E-state index in [2.05, 4.69) is 17.1 Å². The number of nitrogen functional groups attached to an aromatic ring is 1. The Kier molecular flexibility index (Phi) is 5.62. The number of carbonyl (C=O) groups excluding carboxylic acids is 1. The number of aryl methyl sites for hydroxylation is 1. The number of nitrogens with zero attached hydrogens (tertiary/aromatic N) is 1. The van der Waals surface area contributed by atoms with Gasteiger partial charge in [0.25, 0.3) is 0 Å². The topological polar surface area (TPSA) is 58.4 Å². The maximum atomic E-state index is 12.3. The first-order valence-corrected chi connectivity index (χ1v) is 8.00. The molecular formula is C17H27N3O. The van der Waals surface area contributed by atoms with Crippen LogP contribution in [0, 0.1) is 6.92 Å². The van der Waals surface area contributed by atoms with Crippen LogP contribution in [0.25, 0.3) is 0 Å². The van der Waals surface area contributed by atoms with E-state index in [4.69, 9.17) is 5.73 Å². The zero-order valence-corrected chi connectivity index (χ0v) is 13.2. The maximum absolute atomic E-state index is 12.3. The van der Waals surface area contributed by atoms with E-state index in [1.165, 1.54) is 25.7 Å². The summed E-state index contributed by atoms with van der Waals surface area (Å²) in [5, 5.41) is 2.96. The minimum Gasteiger partial charge on any atom is -0.398 e. The van der Waals surface area contributed by atoms with Crippen LogP contribution in [0.4, 0.5) is 11.4 Å². The van der Waals surface area contributed by atoms with Gasteiger partial charge in [-0.25, -0.2) is 0 Å². The van der Waals surface area contributed by atoms with E-state index >= 15 is 0 Å². The third kappa shape index (κ3) is 4.46. The number of hydrogen-bond acceptors (Lipinski definition) is 3. The molecule has 1 unspecified atom stereocenters. The second kappa shape index (κ2) is 7.46. The number of rotatable bonds is 4. The molecule has 0 aliphatic carbocycles. The number of anilines is 2. The fourth-order valence-electron chi connectivity index (χ4n) is 3.01. The summed E-state index contributed by atoms with van der Waals surface area (Å²) in [6, 6.07) is 6.21. The molecule has 116 valence electrons. The SMILES string of the molecule is CCC1CCCCCN1CC(=O)Nc1ccc(C)c(N)c1. The molecule has 0 saturated carbocycles. The number of hydrogen-bond donors (Lipinski definition) is 2. The lowest BCUT2D eigenvalue weighted by molar-refractivity contribution is -0.117. The van der Waals surface area contributed by atoms with Crippen molar-refractivity contribution in [3.05, 3.63) is 23.8 Å². The van der Waals surface area contributed by atoms with Crippen LogP contribution in [0.15, 0.2) is 18.2 Å². The van der Waals surface area contributed by atoms with Gasteiger partial charge in [-0.3, -0.25) is 9.69 Å². The van der Waals surface area contributed by atoms with Crippen molar-refractivity contribution in [2.75, 3.05) is 24.1 Å². The van der Waals surface area contributed by atoms with Crippen molar-refractivity contribution >= 4 is 17.3 Å². The monoisotopic (exact) mass is 289 g/mol. The largest absolute Gasteiger partial charge is 0.398 e. The highest BCUT2D eigenvalue weighted by Crippen LogP contribution is 2.20. The van der Waals surface area contributed by atoms with Crippen LogP contribution in [0.3, 0.4) is 0 Å². The highest BCUT2D eigenvalue weighted by Gasteiger charge is 2.21. The number of carbonyl (C=O) groups is 1. The van der Waals surface area contributed by atoms with Crippen LogP contribution in [-0.4, -0.2) is 29.9 Å². The zero-order chi connectivity index (χ0) is 15.2. The van der Waals surface area contributed by atoms with E-state index in [0.29, 0.717) is 18.3 Å². The Bertz CT molecular complexity index is 487. The summed E-state index contributed by atoms with van der Waals surface area (Å²) >= 11 is 0. The summed E-state index contributed by atoms with van der Waals surface area (Å²) in [6.45, 7) is 5.68. The first kappa shape index (κ1) is 15.8. The number of nitrogens with one attached hydrogen (secondary N) is 1. The minimum absolute atomic E-state index is 0.0543. The van der Waals surface area contributed by atoms with E-state index in [1.54, 1.807) is 0 Å². The van der Waals surface area contributed by atoms with Crippen molar-refractivity contribution in [3.63, 3.8) is 0 Å². The van der Waals surface area contributed by atoms with Crippen molar-refractivity contribution in [2.24, 2.45) is 0 Å². The molecule has 4 heteroatoms. The van der Waals surface area contributed by atoms with Gasteiger partial charge in [-0.05, 0) is 50.4 Å². The van der Waals surface area contributed by atoms with Gasteiger partial charge in [0.1, 0.15) is 0 Å². The lowest BCUT2D eigenvalue weighted by atomic mass is 10.1. The standard InChI is InChI=1S/C17H27N3O/c1-3-15-7-5-4-6-10-20(15)12-17(21)19-14-9-8-13(2)16(18)11-14/h8-9,11,15H,3-7,10,12,18H2,1-2H3,(H,19,21). The molecule has 1 amide bonds. The molecule has 0 radical (unpaired) electrons. The molecule has 1 aliphatic rings. The Hall–Kier alpha value is -1.55. The summed E-state index contributed by atoms with van der Waals surface area (Å²) in [6.07, 6.45) is 6.08. The second-order valence-corrected chi connectivity index (χ2v) is 6.00. The third-order valence-electron chi connectivity index (χ3n) is 4.38. The summed E-state index contributed by atoms with van der Waals surface area (Å²) < 4.78 is 0. The predicted octanol–water partition coefficient (Wildman–Crippen LogP) is 3.17. The van der Waals surface area contributed by atoms with Gasteiger partial charge in [0.2, 0.25) is 5.91 Å². The Labute approximate surface area is 127 Å². The Balaban J connectivity index is 1.94. The molecule has 0 bridgehead atoms. The summed E-state index contributed by atoms with van der Waals surface area (Å²) in [5.41, 5.74) is 8.42. The van der Waals surface area contributed by atoms with Gasteiger partial charge in [0, 0.05) is 17.4 Å². The minimum atomic E-state index is 0.0543. The van der Waals surface area contributed by atoms with Crippen LogP contribution in [0.5, 0.6) is 0 Å². The maximum Gasteiger partial charge on any atom is 0.238 e. The van der Waals surface area contributed by atoms with Gasteiger partial charge >= 0.3 is 0 Å². The van der Waals surface area contributed by atoms with Gasteiger partial charge in [-0.15, -0.1) is 0 Å². The van der Waals surface area contributed by atoms with Crippen LogP contribution >= 0.6 is 0 Å². The molecule has 1 heterocycles. The molecule has 1 aromatic carbocycles. The molecule has 1 fully saturated rings. The molecule has 1 atom stereocenters. The van der Waals surface area contributed by atoms with E-state index in [-0.39, 0.29) is 5.91 Å². The number of likely N-dealkylation sites (tertiary alicyclic amines) is 1. The number of benzene rings is 1. The van der Waals surface area contributed by atoms with Crippen LogP contribution < -0.4 is 11.1 Å². The van der Waals surface area contributed by atoms with E-state index in [9.17, 15) is 4.79 Å². The third-order valence-corrected chi connectivity index (χ3v) is 4.38. The Morgan fingerprint density at radius 2 is 2.19 bits per heavy atom. The smallest absolute Gasteiger partial charge is 0.238 e. The van der Waals surface area contributed by atoms with Crippen LogP contribution in [0.1, 0.15) is 44.6 Å². The summed E-state index contributed by atoms with van der Waals surface area (Å²) in [4.78, 5) is 14.6. The molecule has 0 spiro atoms. The number of amides is 1. The molecule has 2 rings (SSSR count). The first-order valence-electron chi connectivity index (χ1n) is 8.00. The first-order chi connectivity index (χ1) is 10.1. The van der Waals surface area contributed by atoms with Crippen molar-refractivity contribution < 1.29 is 4.79 Å². The second-order valence-electron chi connectivity index (χ2n) is 6.00. The fraction of sp³-hybridized carbons (Fsp3) is 0.588. The average Bonchev–Trinajstić information content (AvgIpc) is 2.68. The lowest BCUT2D eigenvalue weighted by Crippen LogP contribution is -2.40. The van der Waals surface area contributed by atoms with Crippen LogP contribution in [0.2, 0.25) is 0 Å². The quantitative estimate of drug-likeness (QED) is 0.837. The van der Waals surface area contributed by atoms with Gasteiger partial charge < -0.3 is 11.1 Å². The van der Waals surface area contributed by atoms with Gasteiger partial charge in [0.15, 0.2) is 0 Å². The van der Waals surface area contributed by atoms with E-state index in [1.807, 2.05) is 25.1 Å². The molecular weight excluding hydrogens is 262 g/mol.